The number of pyridine rings is 1. The number of benzene rings is 1. The number of aromatic nitrogens is 1. The van der Waals surface area contributed by atoms with E-state index in [2.05, 4.69) is 10.3 Å². The number of hydrogen-bond donors (Lipinski definition) is 2. The summed E-state index contributed by atoms with van der Waals surface area (Å²) in [7, 11) is 0. The molecule has 1 aromatic carbocycles. The van der Waals surface area contributed by atoms with Crippen LogP contribution in [0.5, 0.6) is 0 Å². The zero-order valence-electron chi connectivity index (χ0n) is 12.7. The molecule has 0 bridgehead atoms. The first-order chi connectivity index (χ1) is 11.1. The molecule has 0 aliphatic rings. The van der Waals surface area contributed by atoms with Gasteiger partial charge < -0.3 is 10.4 Å². The van der Waals surface area contributed by atoms with Crippen molar-refractivity contribution in [2.75, 3.05) is 0 Å². The van der Waals surface area contributed by atoms with E-state index in [1.54, 1.807) is 0 Å². The van der Waals surface area contributed by atoms with Crippen molar-refractivity contribution in [3.8, 4) is 11.3 Å². The Morgan fingerprint density at radius 3 is 2.58 bits per heavy atom. The molecule has 0 atom stereocenters. The van der Waals surface area contributed by atoms with Gasteiger partial charge in [0.25, 0.3) is 5.69 Å². The van der Waals surface area contributed by atoms with E-state index in [1.165, 1.54) is 26.0 Å². The highest BCUT2D eigenvalue weighted by atomic mass is 35.5. The Balaban J connectivity index is 2.43. The molecular formula is C15H13ClFN3O4. The molecule has 0 saturated heterocycles. The molecule has 0 unspecified atom stereocenters. The van der Waals surface area contributed by atoms with Crippen LogP contribution in [0.15, 0.2) is 30.5 Å². The topological polar surface area (TPSA) is 105 Å². The second-order valence-corrected chi connectivity index (χ2v) is 5.94. The first-order valence-electron chi connectivity index (χ1n) is 6.73. The molecule has 126 valence electrons. The minimum Gasteiger partial charge on any atom is -0.465 e. The van der Waals surface area contributed by atoms with Crippen molar-refractivity contribution >= 4 is 23.4 Å². The summed E-state index contributed by atoms with van der Waals surface area (Å²) in [6, 6.07) is 5.22. The highest BCUT2D eigenvalue weighted by molar-refractivity contribution is 6.33. The van der Waals surface area contributed by atoms with Gasteiger partial charge in [0.05, 0.1) is 21.2 Å². The lowest BCUT2D eigenvalue weighted by atomic mass is 9.92. The average molecular weight is 354 g/mol. The number of carbonyl (C=O) groups is 1. The summed E-state index contributed by atoms with van der Waals surface area (Å²) in [6.07, 6.45) is -0.244. The van der Waals surface area contributed by atoms with E-state index in [4.69, 9.17) is 16.7 Å². The SMILES string of the molecule is CC(C)(NC(=O)O)c1ccc(-c2ncc([N+](=O)[O-])cc2Cl)cc1F. The van der Waals surface area contributed by atoms with Crippen LogP contribution in [0.3, 0.4) is 0 Å². The summed E-state index contributed by atoms with van der Waals surface area (Å²) in [6.45, 7) is 3.05. The Morgan fingerprint density at radius 2 is 2.08 bits per heavy atom. The van der Waals surface area contributed by atoms with Crippen LogP contribution >= 0.6 is 11.6 Å². The van der Waals surface area contributed by atoms with Gasteiger partial charge in [-0.25, -0.2) is 14.2 Å². The van der Waals surface area contributed by atoms with Gasteiger partial charge in [-0.1, -0.05) is 23.7 Å². The maximum atomic E-state index is 14.4. The number of nitrogens with one attached hydrogen (secondary N) is 1. The molecule has 1 aromatic heterocycles. The third-order valence-corrected chi connectivity index (χ3v) is 3.66. The van der Waals surface area contributed by atoms with E-state index in [0.29, 0.717) is 5.56 Å². The van der Waals surface area contributed by atoms with Gasteiger partial charge in [-0.05, 0) is 19.9 Å². The van der Waals surface area contributed by atoms with Crippen LogP contribution in [0.2, 0.25) is 5.02 Å². The number of carboxylic acid groups (broad SMARTS) is 1. The zero-order chi connectivity index (χ0) is 18.1. The van der Waals surface area contributed by atoms with Gasteiger partial charge in [-0.3, -0.25) is 10.1 Å². The molecule has 7 nitrogen and oxygen atoms in total. The van der Waals surface area contributed by atoms with Crippen LogP contribution in [0, 0.1) is 15.9 Å². The molecule has 2 rings (SSSR count). The van der Waals surface area contributed by atoms with E-state index in [1.807, 2.05) is 0 Å². The van der Waals surface area contributed by atoms with E-state index in [0.717, 1.165) is 18.3 Å². The van der Waals surface area contributed by atoms with Crippen molar-refractivity contribution in [3.63, 3.8) is 0 Å². The summed E-state index contributed by atoms with van der Waals surface area (Å²) in [5, 5.41) is 21.8. The molecule has 0 radical (unpaired) electrons. The second-order valence-electron chi connectivity index (χ2n) is 5.53. The normalized spacial score (nSPS) is 11.2. The second kappa shape index (κ2) is 6.40. The fraction of sp³-hybridized carbons (Fsp3) is 0.200. The van der Waals surface area contributed by atoms with Crippen molar-refractivity contribution in [2.24, 2.45) is 0 Å². The van der Waals surface area contributed by atoms with Crippen LogP contribution in [0.4, 0.5) is 14.9 Å². The van der Waals surface area contributed by atoms with Crippen molar-refractivity contribution in [3.05, 3.63) is 57.0 Å². The highest BCUT2D eigenvalue weighted by Gasteiger charge is 2.26. The Hall–Kier alpha value is -2.74. The lowest BCUT2D eigenvalue weighted by Crippen LogP contribution is -2.40. The molecule has 24 heavy (non-hydrogen) atoms. The van der Waals surface area contributed by atoms with Crippen molar-refractivity contribution in [1.29, 1.82) is 0 Å². The van der Waals surface area contributed by atoms with Crippen molar-refractivity contribution < 1.29 is 19.2 Å². The Bertz CT molecular complexity index is 826. The highest BCUT2D eigenvalue weighted by Crippen LogP contribution is 2.32. The summed E-state index contributed by atoms with van der Waals surface area (Å²) in [5.41, 5.74) is -0.750. The van der Waals surface area contributed by atoms with Gasteiger partial charge in [0.15, 0.2) is 0 Å². The summed E-state index contributed by atoms with van der Waals surface area (Å²) < 4.78 is 14.4. The Labute approximate surface area is 141 Å². The van der Waals surface area contributed by atoms with Crippen LogP contribution in [-0.2, 0) is 5.54 Å². The first-order valence-corrected chi connectivity index (χ1v) is 7.11. The van der Waals surface area contributed by atoms with E-state index >= 15 is 0 Å². The summed E-state index contributed by atoms with van der Waals surface area (Å²) in [5.74, 6) is -0.650. The Morgan fingerprint density at radius 1 is 1.42 bits per heavy atom. The van der Waals surface area contributed by atoms with Gasteiger partial charge in [0.1, 0.15) is 12.0 Å². The minimum atomic E-state index is -1.27. The van der Waals surface area contributed by atoms with E-state index in [-0.39, 0.29) is 22.0 Å². The largest absolute Gasteiger partial charge is 0.465 e. The van der Waals surface area contributed by atoms with Crippen LogP contribution < -0.4 is 5.32 Å². The molecule has 0 fully saturated rings. The predicted octanol–water partition coefficient (Wildman–Crippen LogP) is 3.95. The third-order valence-electron chi connectivity index (χ3n) is 3.37. The number of rotatable bonds is 4. The van der Waals surface area contributed by atoms with Gasteiger partial charge >= 0.3 is 6.09 Å². The predicted molar refractivity (Wildman–Crippen MR) is 85.5 cm³/mol. The van der Waals surface area contributed by atoms with Gasteiger partial charge in [0.2, 0.25) is 0 Å². The molecule has 0 spiro atoms. The molecule has 2 aromatic rings. The number of hydrogen-bond acceptors (Lipinski definition) is 4. The minimum absolute atomic E-state index is 0.0132. The quantitative estimate of drug-likeness (QED) is 0.639. The molecule has 2 N–H and O–H groups in total. The molecule has 1 heterocycles. The van der Waals surface area contributed by atoms with Crippen LogP contribution in [-0.4, -0.2) is 21.1 Å². The number of nitro groups is 1. The molecule has 0 saturated carbocycles. The first kappa shape index (κ1) is 17.6. The molecule has 0 aliphatic carbocycles. The summed E-state index contributed by atoms with van der Waals surface area (Å²) in [4.78, 5) is 24.8. The van der Waals surface area contributed by atoms with Crippen LogP contribution in [0.1, 0.15) is 19.4 Å². The number of amides is 1. The number of nitrogens with zero attached hydrogens (tertiary/aromatic N) is 2. The molecule has 0 aliphatic heterocycles. The molecular weight excluding hydrogens is 341 g/mol. The third kappa shape index (κ3) is 3.60. The smallest absolute Gasteiger partial charge is 0.405 e. The fourth-order valence-electron chi connectivity index (χ4n) is 2.24. The van der Waals surface area contributed by atoms with Gasteiger partial charge in [-0.15, -0.1) is 0 Å². The van der Waals surface area contributed by atoms with Crippen molar-refractivity contribution in [1.82, 2.24) is 10.3 Å². The van der Waals surface area contributed by atoms with E-state index < -0.39 is 22.4 Å². The summed E-state index contributed by atoms with van der Waals surface area (Å²) >= 11 is 5.98. The lowest BCUT2D eigenvalue weighted by Gasteiger charge is -2.25. The van der Waals surface area contributed by atoms with E-state index in [9.17, 15) is 19.3 Å². The average Bonchev–Trinajstić information content (AvgIpc) is 2.45. The lowest BCUT2D eigenvalue weighted by molar-refractivity contribution is -0.385. The molecule has 9 heteroatoms. The molecule has 1 amide bonds. The monoisotopic (exact) mass is 353 g/mol. The maximum absolute atomic E-state index is 14.4. The van der Waals surface area contributed by atoms with Gasteiger partial charge in [-0.2, -0.15) is 0 Å². The van der Waals surface area contributed by atoms with Crippen LogP contribution in [0.25, 0.3) is 11.3 Å². The fourth-order valence-corrected chi connectivity index (χ4v) is 2.51. The standard InChI is InChI=1S/C15H13ClFN3O4/c1-15(2,19-14(21)22)10-4-3-8(5-12(10)17)13-11(16)6-9(7-18-13)20(23)24/h3-7,19H,1-2H3,(H,21,22). The zero-order valence-corrected chi connectivity index (χ0v) is 13.5. The van der Waals surface area contributed by atoms with Crippen molar-refractivity contribution in [2.45, 2.75) is 19.4 Å². The van der Waals surface area contributed by atoms with Gasteiger partial charge in [0, 0.05) is 17.2 Å². The number of halogens is 2. The maximum Gasteiger partial charge on any atom is 0.405 e. The Kier molecular flexibility index (Phi) is 4.70.